The molecule has 29 heavy (non-hydrogen) atoms. The van der Waals surface area contributed by atoms with Crippen molar-refractivity contribution in [2.75, 3.05) is 25.5 Å². The lowest BCUT2D eigenvalue weighted by molar-refractivity contribution is -0.122. The average Bonchev–Trinajstić information content (AvgIpc) is 3.28. The van der Waals surface area contributed by atoms with Gasteiger partial charge in [0.15, 0.2) is 6.10 Å². The Morgan fingerprint density at radius 1 is 1.10 bits per heavy atom. The summed E-state index contributed by atoms with van der Waals surface area (Å²) in [7, 11) is -1.90. The van der Waals surface area contributed by atoms with E-state index in [2.05, 4.69) is 5.32 Å². The summed E-state index contributed by atoms with van der Waals surface area (Å²) in [5, 5.41) is 2.79. The van der Waals surface area contributed by atoms with E-state index in [1.165, 1.54) is 16.4 Å². The maximum absolute atomic E-state index is 12.6. The minimum Gasteiger partial charge on any atom is -0.497 e. The number of amides is 1. The zero-order valence-corrected chi connectivity index (χ0v) is 17.4. The van der Waals surface area contributed by atoms with Gasteiger partial charge in [0.05, 0.1) is 12.0 Å². The monoisotopic (exact) mass is 418 g/mol. The summed E-state index contributed by atoms with van der Waals surface area (Å²) in [5.74, 6) is 0.886. The molecule has 3 rings (SSSR count). The van der Waals surface area contributed by atoms with Crippen LogP contribution in [0.15, 0.2) is 53.4 Å². The number of nitrogens with one attached hydrogen (secondary N) is 1. The Bertz CT molecular complexity index is 938. The summed E-state index contributed by atoms with van der Waals surface area (Å²) in [5.41, 5.74) is 0.517. The van der Waals surface area contributed by atoms with Gasteiger partial charge >= 0.3 is 0 Å². The topological polar surface area (TPSA) is 84.9 Å². The molecule has 1 N–H and O–H groups in total. The molecule has 0 radical (unpaired) electrons. The first-order valence-corrected chi connectivity index (χ1v) is 11.1. The average molecular weight is 419 g/mol. The van der Waals surface area contributed by atoms with Gasteiger partial charge < -0.3 is 14.8 Å². The van der Waals surface area contributed by atoms with Gasteiger partial charge in [0.2, 0.25) is 10.0 Å². The van der Waals surface area contributed by atoms with Crippen LogP contribution >= 0.6 is 0 Å². The number of carbonyl (C=O) groups excluding carboxylic acids is 1. The van der Waals surface area contributed by atoms with Crippen LogP contribution in [0.2, 0.25) is 0 Å². The van der Waals surface area contributed by atoms with Crippen molar-refractivity contribution in [1.82, 2.24) is 4.31 Å². The van der Waals surface area contributed by atoms with Gasteiger partial charge in [-0.05, 0) is 55.7 Å². The Hall–Kier alpha value is -2.58. The summed E-state index contributed by atoms with van der Waals surface area (Å²) >= 11 is 0. The summed E-state index contributed by atoms with van der Waals surface area (Å²) in [6, 6.07) is 13.3. The third-order valence-corrected chi connectivity index (χ3v) is 6.72. The van der Waals surface area contributed by atoms with Crippen molar-refractivity contribution in [2.45, 2.75) is 37.2 Å². The Morgan fingerprint density at radius 3 is 2.38 bits per heavy atom. The quantitative estimate of drug-likeness (QED) is 0.711. The zero-order chi connectivity index (χ0) is 20.9. The van der Waals surface area contributed by atoms with Crippen LogP contribution in [-0.2, 0) is 14.8 Å². The molecule has 1 saturated heterocycles. The summed E-state index contributed by atoms with van der Waals surface area (Å²) in [6.45, 7) is 2.97. The molecule has 1 atom stereocenters. The van der Waals surface area contributed by atoms with Gasteiger partial charge in [-0.1, -0.05) is 13.0 Å². The van der Waals surface area contributed by atoms with E-state index in [1.54, 1.807) is 43.5 Å². The molecular weight excluding hydrogens is 392 g/mol. The van der Waals surface area contributed by atoms with Crippen molar-refractivity contribution < 1.29 is 22.7 Å². The highest BCUT2D eigenvalue weighted by Crippen LogP contribution is 2.23. The standard InChI is InChI=1S/C21H26N2O5S/c1-3-20(28-18-8-6-7-17(15-18)27-2)21(24)22-16-9-11-19(12-10-16)29(25,26)23-13-4-5-14-23/h6-12,15,20H,3-5,13-14H2,1-2H3,(H,22,24)/t20-/m1/s1. The number of hydrogen-bond acceptors (Lipinski definition) is 5. The van der Waals surface area contributed by atoms with E-state index in [-0.39, 0.29) is 10.8 Å². The highest BCUT2D eigenvalue weighted by atomic mass is 32.2. The second-order valence-electron chi connectivity index (χ2n) is 6.82. The van der Waals surface area contributed by atoms with Crippen LogP contribution in [0.3, 0.4) is 0 Å². The SMILES string of the molecule is CC[C@@H](Oc1cccc(OC)c1)C(=O)Nc1ccc(S(=O)(=O)N2CCCC2)cc1. The fourth-order valence-electron chi connectivity index (χ4n) is 3.17. The van der Waals surface area contributed by atoms with E-state index in [1.807, 2.05) is 6.92 Å². The minimum absolute atomic E-state index is 0.233. The highest BCUT2D eigenvalue weighted by molar-refractivity contribution is 7.89. The molecule has 1 aliphatic rings. The van der Waals surface area contributed by atoms with Crippen molar-refractivity contribution in [3.8, 4) is 11.5 Å². The number of carbonyl (C=O) groups is 1. The molecule has 1 heterocycles. The Labute approximate surface area is 171 Å². The number of methoxy groups -OCH3 is 1. The molecule has 0 spiro atoms. The lowest BCUT2D eigenvalue weighted by Gasteiger charge is -2.18. The predicted octanol–water partition coefficient (Wildman–Crippen LogP) is 3.28. The van der Waals surface area contributed by atoms with Crippen molar-refractivity contribution in [3.05, 3.63) is 48.5 Å². The van der Waals surface area contributed by atoms with Gasteiger partial charge in [0, 0.05) is 24.8 Å². The molecule has 0 bridgehead atoms. The van der Waals surface area contributed by atoms with Crippen LogP contribution in [-0.4, -0.2) is 44.9 Å². The molecule has 0 unspecified atom stereocenters. The molecule has 0 saturated carbocycles. The van der Waals surface area contributed by atoms with Crippen molar-refractivity contribution in [2.24, 2.45) is 0 Å². The van der Waals surface area contributed by atoms with E-state index in [4.69, 9.17) is 9.47 Å². The van der Waals surface area contributed by atoms with E-state index in [0.717, 1.165) is 12.8 Å². The fourth-order valence-corrected chi connectivity index (χ4v) is 4.69. The largest absolute Gasteiger partial charge is 0.497 e. The predicted molar refractivity (Wildman–Crippen MR) is 111 cm³/mol. The third-order valence-electron chi connectivity index (χ3n) is 4.81. The van der Waals surface area contributed by atoms with Gasteiger partial charge in [0.1, 0.15) is 11.5 Å². The molecule has 7 nitrogen and oxygen atoms in total. The van der Waals surface area contributed by atoms with Crippen molar-refractivity contribution in [1.29, 1.82) is 0 Å². The van der Waals surface area contributed by atoms with Crippen molar-refractivity contribution >= 4 is 21.6 Å². The van der Waals surface area contributed by atoms with E-state index in [0.29, 0.717) is 36.7 Å². The number of sulfonamides is 1. The van der Waals surface area contributed by atoms with Gasteiger partial charge in [-0.2, -0.15) is 4.31 Å². The molecule has 156 valence electrons. The Kier molecular flexibility index (Phi) is 6.76. The zero-order valence-electron chi connectivity index (χ0n) is 16.6. The number of nitrogens with zero attached hydrogens (tertiary/aromatic N) is 1. The maximum Gasteiger partial charge on any atom is 0.265 e. The lowest BCUT2D eigenvalue weighted by Crippen LogP contribution is -2.32. The molecule has 1 aliphatic heterocycles. The van der Waals surface area contributed by atoms with Gasteiger partial charge in [-0.15, -0.1) is 0 Å². The molecular formula is C21H26N2O5S. The summed E-state index contributed by atoms with van der Waals surface area (Å²) in [6.07, 6.45) is 1.57. The summed E-state index contributed by atoms with van der Waals surface area (Å²) in [4.78, 5) is 12.8. The van der Waals surface area contributed by atoms with Gasteiger partial charge in [-0.25, -0.2) is 8.42 Å². The third kappa shape index (κ3) is 5.07. The van der Waals surface area contributed by atoms with Gasteiger partial charge in [0.25, 0.3) is 5.91 Å². The van der Waals surface area contributed by atoms with Crippen molar-refractivity contribution in [3.63, 3.8) is 0 Å². The van der Waals surface area contributed by atoms with Crippen LogP contribution in [0.1, 0.15) is 26.2 Å². The first kappa shape index (κ1) is 21.1. The number of rotatable bonds is 8. The van der Waals surface area contributed by atoms with E-state index in [9.17, 15) is 13.2 Å². The second kappa shape index (κ2) is 9.28. The number of anilines is 1. The Morgan fingerprint density at radius 2 is 1.76 bits per heavy atom. The molecule has 8 heteroatoms. The number of benzene rings is 2. The maximum atomic E-state index is 12.6. The van der Waals surface area contributed by atoms with Gasteiger partial charge in [-0.3, -0.25) is 4.79 Å². The summed E-state index contributed by atoms with van der Waals surface area (Å²) < 4.78 is 37.6. The lowest BCUT2D eigenvalue weighted by atomic mass is 10.2. The van der Waals surface area contributed by atoms with Crippen LogP contribution in [0.5, 0.6) is 11.5 Å². The fraction of sp³-hybridized carbons (Fsp3) is 0.381. The highest BCUT2D eigenvalue weighted by Gasteiger charge is 2.27. The first-order chi connectivity index (χ1) is 13.9. The van der Waals surface area contributed by atoms with Crippen LogP contribution in [0.4, 0.5) is 5.69 Å². The molecule has 1 amide bonds. The molecule has 2 aromatic rings. The van der Waals surface area contributed by atoms with Crippen LogP contribution < -0.4 is 14.8 Å². The minimum atomic E-state index is -3.47. The normalized spacial score (nSPS) is 15.7. The first-order valence-electron chi connectivity index (χ1n) is 9.66. The molecule has 1 fully saturated rings. The molecule has 0 aromatic heterocycles. The smallest absolute Gasteiger partial charge is 0.265 e. The van der Waals surface area contributed by atoms with E-state index < -0.39 is 16.1 Å². The molecule has 2 aromatic carbocycles. The van der Waals surface area contributed by atoms with Crippen LogP contribution in [0, 0.1) is 0 Å². The molecule has 0 aliphatic carbocycles. The number of ether oxygens (including phenoxy) is 2. The van der Waals surface area contributed by atoms with E-state index >= 15 is 0 Å². The number of hydrogen-bond donors (Lipinski definition) is 1. The Balaban J connectivity index is 1.65. The second-order valence-corrected chi connectivity index (χ2v) is 8.76. The van der Waals surface area contributed by atoms with Crippen LogP contribution in [0.25, 0.3) is 0 Å².